The van der Waals surface area contributed by atoms with Crippen molar-refractivity contribution in [1.82, 2.24) is 10.0 Å². The third kappa shape index (κ3) is 7.34. The monoisotopic (exact) mass is 359 g/mol. The van der Waals surface area contributed by atoms with E-state index in [0.29, 0.717) is 25.3 Å². The van der Waals surface area contributed by atoms with E-state index in [1.165, 1.54) is 12.1 Å². The predicted octanol–water partition coefficient (Wildman–Crippen LogP) is 0.942. The summed E-state index contributed by atoms with van der Waals surface area (Å²) in [6.45, 7) is 1.07. The molecule has 0 radical (unpaired) electrons. The molecule has 0 spiro atoms. The predicted molar refractivity (Wildman–Crippen MR) is 94.8 cm³/mol. The molecule has 1 amide bonds. The maximum absolute atomic E-state index is 12.4. The molecule has 1 atom stereocenters. The van der Waals surface area contributed by atoms with Crippen LogP contribution in [-0.4, -0.2) is 45.5 Å². The first-order chi connectivity index (χ1) is 11.0. The molecule has 0 aliphatic rings. The fraction of sp³-hybridized carbons (Fsp3) is 0.533. The van der Waals surface area contributed by atoms with Crippen molar-refractivity contribution in [1.29, 1.82) is 0 Å². The number of carbonyl (C=O) groups is 1. The fourth-order valence-corrected chi connectivity index (χ4v) is 3.66. The molecule has 1 unspecified atom stereocenters. The van der Waals surface area contributed by atoms with Gasteiger partial charge in [0.25, 0.3) is 0 Å². The minimum atomic E-state index is -3.71. The SMILES string of the molecule is CSCCC(NS(=O)(=O)c1ccccc1)C(=O)NCCCCN. The molecular formula is C15H25N3O3S2. The maximum atomic E-state index is 12.4. The van der Waals surface area contributed by atoms with Crippen molar-refractivity contribution in [3.05, 3.63) is 30.3 Å². The van der Waals surface area contributed by atoms with Gasteiger partial charge in [0.05, 0.1) is 4.90 Å². The Bertz CT molecular complexity index is 565. The van der Waals surface area contributed by atoms with E-state index in [1.54, 1.807) is 30.0 Å². The molecule has 0 fully saturated rings. The number of unbranched alkanes of at least 4 members (excludes halogenated alkanes) is 1. The molecular weight excluding hydrogens is 334 g/mol. The number of hydrogen-bond acceptors (Lipinski definition) is 5. The number of rotatable bonds is 11. The van der Waals surface area contributed by atoms with Crippen molar-refractivity contribution in [3.8, 4) is 0 Å². The highest BCUT2D eigenvalue weighted by atomic mass is 32.2. The molecule has 0 aliphatic heterocycles. The Hall–Kier alpha value is -1.09. The highest BCUT2D eigenvalue weighted by molar-refractivity contribution is 7.98. The van der Waals surface area contributed by atoms with Gasteiger partial charge in [0, 0.05) is 6.54 Å². The summed E-state index contributed by atoms with van der Waals surface area (Å²) in [7, 11) is -3.71. The van der Waals surface area contributed by atoms with Gasteiger partial charge in [-0.15, -0.1) is 0 Å². The lowest BCUT2D eigenvalue weighted by molar-refractivity contribution is -0.122. The highest BCUT2D eigenvalue weighted by Crippen LogP contribution is 2.10. The van der Waals surface area contributed by atoms with E-state index in [1.807, 2.05) is 6.26 Å². The van der Waals surface area contributed by atoms with Crippen molar-refractivity contribution in [2.75, 3.05) is 25.1 Å². The molecule has 130 valence electrons. The van der Waals surface area contributed by atoms with Gasteiger partial charge in [-0.2, -0.15) is 16.5 Å². The molecule has 8 heteroatoms. The molecule has 0 saturated heterocycles. The van der Waals surface area contributed by atoms with Gasteiger partial charge in [-0.25, -0.2) is 8.42 Å². The number of hydrogen-bond donors (Lipinski definition) is 3. The van der Waals surface area contributed by atoms with Crippen LogP contribution in [0.2, 0.25) is 0 Å². The van der Waals surface area contributed by atoms with Crippen molar-refractivity contribution in [2.24, 2.45) is 5.73 Å². The number of thioether (sulfide) groups is 1. The van der Waals surface area contributed by atoms with Crippen molar-refractivity contribution in [3.63, 3.8) is 0 Å². The summed E-state index contributed by atoms with van der Waals surface area (Å²) >= 11 is 1.57. The Morgan fingerprint density at radius 3 is 2.57 bits per heavy atom. The van der Waals surface area contributed by atoms with Crippen LogP contribution in [0.25, 0.3) is 0 Å². The van der Waals surface area contributed by atoms with Crippen LogP contribution in [0.3, 0.4) is 0 Å². The summed E-state index contributed by atoms with van der Waals surface area (Å²) in [6, 6.07) is 7.29. The Morgan fingerprint density at radius 2 is 1.96 bits per heavy atom. The quantitative estimate of drug-likeness (QED) is 0.511. The second-order valence-corrected chi connectivity index (χ2v) is 7.75. The summed E-state index contributed by atoms with van der Waals surface area (Å²) in [5.74, 6) is 0.397. The van der Waals surface area contributed by atoms with Gasteiger partial charge in [0.1, 0.15) is 6.04 Å². The number of nitrogens with one attached hydrogen (secondary N) is 2. The van der Waals surface area contributed by atoms with Crippen LogP contribution in [0.5, 0.6) is 0 Å². The smallest absolute Gasteiger partial charge is 0.241 e. The Balaban J connectivity index is 2.71. The summed E-state index contributed by atoms with van der Waals surface area (Å²) in [5, 5.41) is 2.77. The normalized spacial score (nSPS) is 12.8. The first-order valence-corrected chi connectivity index (χ1v) is 10.4. The van der Waals surface area contributed by atoms with E-state index in [4.69, 9.17) is 5.73 Å². The zero-order valence-electron chi connectivity index (χ0n) is 13.3. The minimum Gasteiger partial charge on any atom is -0.355 e. The number of nitrogens with two attached hydrogens (primary N) is 1. The average Bonchev–Trinajstić information content (AvgIpc) is 2.56. The van der Waals surface area contributed by atoms with E-state index < -0.39 is 16.1 Å². The molecule has 0 aliphatic carbocycles. The molecule has 1 aromatic rings. The first-order valence-electron chi connectivity index (χ1n) is 7.55. The summed E-state index contributed by atoms with van der Waals surface area (Å²) in [4.78, 5) is 12.4. The van der Waals surface area contributed by atoms with Gasteiger partial charge in [0.2, 0.25) is 15.9 Å². The van der Waals surface area contributed by atoms with Crippen LogP contribution in [0.1, 0.15) is 19.3 Å². The molecule has 0 saturated carbocycles. The van der Waals surface area contributed by atoms with E-state index in [-0.39, 0.29) is 10.8 Å². The third-order valence-electron chi connectivity index (χ3n) is 3.21. The van der Waals surface area contributed by atoms with Gasteiger partial charge in [0.15, 0.2) is 0 Å². The standard InChI is InChI=1S/C15H25N3O3S2/c1-22-12-9-14(15(19)17-11-6-5-10-16)18-23(20,21)13-7-3-2-4-8-13/h2-4,7-8,14,18H,5-6,9-12,16H2,1H3,(H,17,19). The van der Waals surface area contributed by atoms with Crippen LogP contribution >= 0.6 is 11.8 Å². The summed E-state index contributed by atoms with van der Waals surface area (Å²) in [5.41, 5.74) is 5.41. The van der Waals surface area contributed by atoms with Crippen LogP contribution in [0.15, 0.2) is 35.2 Å². The molecule has 23 heavy (non-hydrogen) atoms. The number of sulfonamides is 1. The molecule has 1 aromatic carbocycles. The zero-order valence-corrected chi connectivity index (χ0v) is 15.0. The van der Waals surface area contributed by atoms with Crippen LogP contribution in [-0.2, 0) is 14.8 Å². The van der Waals surface area contributed by atoms with Crippen LogP contribution in [0, 0.1) is 0 Å². The van der Waals surface area contributed by atoms with Crippen molar-refractivity contribution >= 4 is 27.7 Å². The van der Waals surface area contributed by atoms with Gasteiger partial charge in [-0.3, -0.25) is 4.79 Å². The van der Waals surface area contributed by atoms with Crippen molar-refractivity contribution in [2.45, 2.75) is 30.2 Å². The maximum Gasteiger partial charge on any atom is 0.241 e. The minimum absolute atomic E-state index is 0.157. The van der Waals surface area contributed by atoms with Gasteiger partial charge >= 0.3 is 0 Å². The lowest BCUT2D eigenvalue weighted by Gasteiger charge is -2.18. The molecule has 0 aromatic heterocycles. The number of benzene rings is 1. The van der Waals surface area contributed by atoms with E-state index >= 15 is 0 Å². The molecule has 0 heterocycles. The molecule has 6 nitrogen and oxygen atoms in total. The fourth-order valence-electron chi connectivity index (χ4n) is 1.94. The Kier molecular flexibility index (Phi) is 9.23. The van der Waals surface area contributed by atoms with Gasteiger partial charge < -0.3 is 11.1 Å². The largest absolute Gasteiger partial charge is 0.355 e. The first kappa shape index (κ1) is 20.0. The second kappa shape index (κ2) is 10.6. The van der Waals surface area contributed by atoms with Crippen LogP contribution in [0.4, 0.5) is 0 Å². The van der Waals surface area contributed by atoms with Gasteiger partial charge in [-0.1, -0.05) is 18.2 Å². The van der Waals surface area contributed by atoms with E-state index in [2.05, 4.69) is 10.0 Å². The third-order valence-corrected chi connectivity index (χ3v) is 5.34. The average molecular weight is 360 g/mol. The number of amides is 1. The van der Waals surface area contributed by atoms with Crippen molar-refractivity contribution < 1.29 is 13.2 Å². The topological polar surface area (TPSA) is 101 Å². The molecule has 0 bridgehead atoms. The molecule has 1 rings (SSSR count). The van der Waals surface area contributed by atoms with Crippen LogP contribution < -0.4 is 15.8 Å². The van der Waals surface area contributed by atoms with Gasteiger partial charge in [-0.05, 0) is 49.9 Å². The lowest BCUT2D eigenvalue weighted by Crippen LogP contribution is -2.47. The Labute approximate surface area is 142 Å². The zero-order chi connectivity index (χ0) is 17.1. The van der Waals surface area contributed by atoms with E-state index in [9.17, 15) is 13.2 Å². The summed E-state index contributed by atoms with van der Waals surface area (Å²) < 4.78 is 27.3. The molecule has 4 N–H and O–H groups in total. The highest BCUT2D eigenvalue weighted by Gasteiger charge is 2.24. The van der Waals surface area contributed by atoms with E-state index in [0.717, 1.165) is 12.8 Å². The lowest BCUT2D eigenvalue weighted by atomic mass is 10.2. The Morgan fingerprint density at radius 1 is 1.26 bits per heavy atom. The second-order valence-electron chi connectivity index (χ2n) is 5.06. The number of carbonyl (C=O) groups excluding carboxylic acids is 1. The summed E-state index contributed by atoms with van der Waals surface area (Å²) in [6.07, 6.45) is 3.96.